The minimum atomic E-state index is 0.834. The third-order valence-electron chi connectivity index (χ3n) is 3.26. The van der Waals surface area contributed by atoms with Crippen molar-refractivity contribution in [2.75, 3.05) is 24.3 Å². The fourth-order valence-corrected chi connectivity index (χ4v) is 2.01. The molecule has 0 atom stereocenters. The van der Waals surface area contributed by atoms with E-state index in [1.54, 1.807) is 0 Å². The van der Waals surface area contributed by atoms with Crippen LogP contribution in [0.1, 0.15) is 23.9 Å². The Kier molecular flexibility index (Phi) is 4.56. The smallest absolute Gasteiger partial charge is 0.134 e. The van der Waals surface area contributed by atoms with E-state index in [4.69, 9.17) is 0 Å². The standard InChI is InChI=1S/C16H22N4/c1-5-14-18-15(17-3)10-16(19-14)20(4)11-13-8-6-12(2)7-9-13/h6-10H,5,11H2,1-4H3,(H,17,18,19). The molecule has 0 saturated heterocycles. The van der Waals surface area contributed by atoms with Gasteiger partial charge in [0.05, 0.1) is 0 Å². The summed E-state index contributed by atoms with van der Waals surface area (Å²) in [6, 6.07) is 10.6. The predicted octanol–water partition coefficient (Wildman–Crippen LogP) is 3.03. The number of benzene rings is 1. The Balaban J connectivity index is 2.19. The highest BCUT2D eigenvalue weighted by molar-refractivity contribution is 5.49. The number of rotatable bonds is 5. The summed E-state index contributed by atoms with van der Waals surface area (Å²) in [5.74, 6) is 2.67. The van der Waals surface area contributed by atoms with Crippen LogP contribution in [0.2, 0.25) is 0 Å². The molecule has 4 nitrogen and oxygen atoms in total. The third kappa shape index (κ3) is 3.47. The minimum absolute atomic E-state index is 0.834. The van der Waals surface area contributed by atoms with Gasteiger partial charge >= 0.3 is 0 Å². The van der Waals surface area contributed by atoms with E-state index in [1.807, 2.05) is 13.1 Å². The second kappa shape index (κ2) is 6.37. The molecule has 1 aromatic carbocycles. The molecule has 0 saturated carbocycles. The van der Waals surface area contributed by atoms with Crippen molar-refractivity contribution in [2.45, 2.75) is 26.8 Å². The normalized spacial score (nSPS) is 10.4. The lowest BCUT2D eigenvalue weighted by Crippen LogP contribution is -2.19. The van der Waals surface area contributed by atoms with Crippen LogP contribution in [-0.2, 0) is 13.0 Å². The first-order valence-corrected chi connectivity index (χ1v) is 6.94. The van der Waals surface area contributed by atoms with Crippen molar-refractivity contribution in [2.24, 2.45) is 0 Å². The Morgan fingerprint density at radius 2 is 1.85 bits per heavy atom. The lowest BCUT2D eigenvalue weighted by atomic mass is 10.1. The molecule has 0 fully saturated rings. The predicted molar refractivity (Wildman–Crippen MR) is 84.2 cm³/mol. The average molecular weight is 270 g/mol. The first kappa shape index (κ1) is 14.3. The van der Waals surface area contributed by atoms with E-state index in [2.05, 4.69) is 65.3 Å². The zero-order valence-electron chi connectivity index (χ0n) is 12.6. The number of hydrogen-bond acceptors (Lipinski definition) is 4. The van der Waals surface area contributed by atoms with E-state index < -0.39 is 0 Å². The number of aromatic nitrogens is 2. The third-order valence-corrected chi connectivity index (χ3v) is 3.26. The van der Waals surface area contributed by atoms with Gasteiger partial charge in [0.2, 0.25) is 0 Å². The van der Waals surface area contributed by atoms with Crippen molar-refractivity contribution in [3.05, 3.63) is 47.3 Å². The van der Waals surface area contributed by atoms with Crippen LogP contribution in [0.15, 0.2) is 30.3 Å². The second-order valence-electron chi connectivity index (χ2n) is 4.97. The van der Waals surface area contributed by atoms with Gasteiger partial charge in [0, 0.05) is 33.1 Å². The van der Waals surface area contributed by atoms with Crippen LogP contribution in [0.5, 0.6) is 0 Å². The van der Waals surface area contributed by atoms with Gasteiger partial charge in [-0.25, -0.2) is 9.97 Å². The molecule has 2 aromatic rings. The number of nitrogens with one attached hydrogen (secondary N) is 1. The fourth-order valence-electron chi connectivity index (χ4n) is 2.01. The van der Waals surface area contributed by atoms with Crippen molar-refractivity contribution >= 4 is 11.6 Å². The maximum absolute atomic E-state index is 4.59. The summed E-state index contributed by atoms with van der Waals surface area (Å²) in [5.41, 5.74) is 2.56. The maximum atomic E-state index is 4.59. The van der Waals surface area contributed by atoms with E-state index in [9.17, 15) is 0 Å². The molecule has 2 rings (SSSR count). The van der Waals surface area contributed by atoms with Crippen LogP contribution in [0.3, 0.4) is 0 Å². The van der Waals surface area contributed by atoms with Crippen molar-refractivity contribution < 1.29 is 0 Å². The van der Waals surface area contributed by atoms with Gasteiger partial charge in [-0.05, 0) is 12.5 Å². The van der Waals surface area contributed by atoms with Gasteiger partial charge < -0.3 is 10.2 Å². The molecule has 0 spiro atoms. The second-order valence-corrected chi connectivity index (χ2v) is 4.97. The first-order valence-electron chi connectivity index (χ1n) is 6.94. The van der Waals surface area contributed by atoms with E-state index >= 15 is 0 Å². The van der Waals surface area contributed by atoms with E-state index in [1.165, 1.54) is 11.1 Å². The lowest BCUT2D eigenvalue weighted by Gasteiger charge is -2.19. The molecule has 0 aliphatic carbocycles. The van der Waals surface area contributed by atoms with Gasteiger partial charge in [-0.3, -0.25) is 0 Å². The first-order chi connectivity index (χ1) is 9.62. The topological polar surface area (TPSA) is 41.1 Å². The molecule has 0 radical (unpaired) electrons. The summed E-state index contributed by atoms with van der Waals surface area (Å²) >= 11 is 0. The van der Waals surface area contributed by atoms with E-state index in [-0.39, 0.29) is 0 Å². The highest BCUT2D eigenvalue weighted by atomic mass is 15.2. The summed E-state index contributed by atoms with van der Waals surface area (Å²) in [6.07, 6.45) is 0.834. The molecular formula is C16H22N4. The van der Waals surface area contributed by atoms with Crippen molar-refractivity contribution in [1.29, 1.82) is 0 Å². The number of aryl methyl sites for hydroxylation is 2. The monoisotopic (exact) mass is 270 g/mol. The van der Waals surface area contributed by atoms with Crippen LogP contribution in [-0.4, -0.2) is 24.1 Å². The molecule has 1 heterocycles. The lowest BCUT2D eigenvalue weighted by molar-refractivity contribution is 0.860. The van der Waals surface area contributed by atoms with Crippen molar-refractivity contribution in [3.8, 4) is 0 Å². The summed E-state index contributed by atoms with van der Waals surface area (Å²) in [7, 11) is 3.94. The van der Waals surface area contributed by atoms with Gasteiger partial charge in [0.1, 0.15) is 17.5 Å². The van der Waals surface area contributed by atoms with Gasteiger partial charge in [0.15, 0.2) is 0 Å². The Morgan fingerprint density at radius 3 is 2.45 bits per heavy atom. The molecule has 20 heavy (non-hydrogen) atoms. The van der Waals surface area contributed by atoms with Gasteiger partial charge in [-0.1, -0.05) is 36.8 Å². The van der Waals surface area contributed by atoms with E-state index in [0.717, 1.165) is 30.4 Å². The van der Waals surface area contributed by atoms with Gasteiger partial charge in [-0.2, -0.15) is 0 Å². The zero-order chi connectivity index (χ0) is 14.5. The summed E-state index contributed by atoms with van der Waals surface area (Å²) < 4.78 is 0. The highest BCUT2D eigenvalue weighted by Gasteiger charge is 2.07. The van der Waals surface area contributed by atoms with E-state index in [0.29, 0.717) is 0 Å². The van der Waals surface area contributed by atoms with Crippen molar-refractivity contribution in [3.63, 3.8) is 0 Å². The Bertz CT molecular complexity index is 541. The number of hydrogen-bond donors (Lipinski definition) is 1. The number of nitrogens with zero attached hydrogens (tertiary/aromatic N) is 3. The van der Waals surface area contributed by atoms with Crippen LogP contribution < -0.4 is 10.2 Å². The summed E-state index contributed by atoms with van der Waals surface area (Å²) in [5, 5.41) is 3.09. The van der Waals surface area contributed by atoms with Gasteiger partial charge in [0.25, 0.3) is 0 Å². The SMILES string of the molecule is CCc1nc(NC)cc(N(C)Cc2ccc(C)cc2)n1. The highest BCUT2D eigenvalue weighted by Crippen LogP contribution is 2.17. The largest absolute Gasteiger partial charge is 0.373 e. The van der Waals surface area contributed by atoms with Crippen LogP contribution in [0, 0.1) is 6.92 Å². The number of anilines is 2. The molecule has 0 bridgehead atoms. The molecule has 0 unspecified atom stereocenters. The molecule has 1 aromatic heterocycles. The molecular weight excluding hydrogens is 248 g/mol. The fraction of sp³-hybridized carbons (Fsp3) is 0.375. The van der Waals surface area contributed by atoms with Crippen LogP contribution in [0.25, 0.3) is 0 Å². The zero-order valence-corrected chi connectivity index (χ0v) is 12.6. The molecule has 4 heteroatoms. The Labute approximate surface area is 120 Å². The van der Waals surface area contributed by atoms with Crippen molar-refractivity contribution in [1.82, 2.24) is 9.97 Å². The Morgan fingerprint density at radius 1 is 1.15 bits per heavy atom. The Hall–Kier alpha value is -2.10. The quantitative estimate of drug-likeness (QED) is 0.906. The molecule has 1 N–H and O–H groups in total. The summed E-state index contributed by atoms with van der Waals surface area (Å²) in [6.45, 7) is 5.01. The molecule has 0 aliphatic rings. The molecule has 0 amide bonds. The van der Waals surface area contributed by atoms with Gasteiger partial charge in [-0.15, -0.1) is 0 Å². The van der Waals surface area contributed by atoms with Crippen LogP contribution >= 0.6 is 0 Å². The average Bonchev–Trinajstić information content (AvgIpc) is 2.48. The molecule has 0 aliphatic heterocycles. The maximum Gasteiger partial charge on any atom is 0.134 e. The summed E-state index contributed by atoms with van der Waals surface area (Å²) in [4.78, 5) is 11.2. The molecule has 106 valence electrons. The van der Waals surface area contributed by atoms with Crippen LogP contribution in [0.4, 0.5) is 11.6 Å². The minimum Gasteiger partial charge on any atom is -0.373 e.